The third-order valence-corrected chi connectivity index (χ3v) is 3.17. The number of urea groups is 1. The molecule has 0 saturated heterocycles. The van der Waals surface area contributed by atoms with Gasteiger partial charge in [-0.05, 0) is 35.4 Å². The van der Waals surface area contributed by atoms with E-state index in [1.54, 1.807) is 29.0 Å². The Balaban J connectivity index is 1.52. The molecule has 1 saturated carbocycles. The summed E-state index contributed by atoms with van der Waals surface area (Å²) in [6.07, 6.45) is 3.79. The number of amides is 2. The van der Waals surface area contributed by atoms with Crippen LogP contribution < -0.4 is 5.32 Å². The molecule has 106 valence electrons. The molecule has 1 aliphatic rings. The molecule has 2 aromatic heterocycles. The molecule has 0 atom stereocenters. The summed E-state index contributed by atoms with van der Waals surface area (Å²) >= 11 is 0. The van der Waals surface area contributed by atoms with Gasteiger partial charge in [0.05, 0.1) is 25.4 Å². The van der Waals surface area contributed by atoms with E-state index in [4.69, 9.17) is 4.42 Å². The molecule has 0 aliphatic heterocycles. The molecule has 8 nitrogen and oxygen atoms in total. The van der Waals surface area contributed by atoms with E-state index in [-0.39, 0.29) is 6.03 Å². The first-order valence-electron chi connectivity index (χ1n) is 6.52. The Hall–Kier alpha value is -2.38. The minimum Gasteiger partial charge on any atom is -0.467 e. The summed E-state index contributed by atoms with van der Waals surface area (Å²) in [6, 6.07) is 3.84. The molecule has 2 heterocycles. The summed E-state index contributed by atoms with van der Waals surface area (Å²) in [6.45, 7) is 0.747. The van der Waals surface area contributed by atoms with Crippen molar-refractivity contribution in [1.82, 2.24) is 30.4 Å². The fourth-order valence-electron chi connectivity index (χ4n) is 1.93. The van der Waals surface area contributed by atoms with Crippen molar-refractivity contribution in [2.24, 2.45) is 0 Å². The smallest absolute Gasteiger partial charge is 0.317 e. The molecule has 2 aromatic rings. The predicted octanol–water partition coefficient (Wildman–Crippen LogP) is 0.943. The number of nitrogens with zero attached hydrogens (tertiary/aromatic N) is 5. The third-order valence-electron chi connectivity index (χ3n) is 3.17. The Bertz CT molecular complexity index is 575. The van der Waals surface area contributed by atoms with Crippen molar-refractivity contribution < 1.29 is 9.21 Å². The zero-order valence-electron chi connectivity index (χ0n) is 11.2. The van der Waals surface area contributed by atoms with Gasteiger partial charge in [-0.15, -0.1) is 5.10 Å². The van der Waals surface area contributed by atoms with Crippen LogP contribution in [-0.4, -0.2) is 38.2 Å². The van der Waals surface area contributed by atoms with E-state index in [2.05, 4.69) is 20.8 Å². The van der Waals surface area contributed by atoms with E-state index in [1.807, 2.05) is 6.07 Å². The highest BCUT2D eigenvalue weighted by atomic mass is 16.3. The van der Waals surface area contributed by atoms with Crippen LogP contribution in [0.3, 0.4) is 0 Å². The van der Waals surface area contributed by atoms with Gasteiger partial charge in [-0.1, -0.05) is 0 Å². The normalized spacial score (nSPS) is 14.2. The summed E-state index contributed by atoms with van der Waals surface area (Å²) < 4.78 is 6.99. The zero-order chi connectivity index (χ0) is 13.9. The number of furan rings is 1. The predicted molar refractivity (Wildman–Crippen MR) is 68.5 cm³/mol. The van der Waals surface area contributed by atoms with Gasteiger partial charge < -0.3 is 14.6 Å². The van der Waals surface area contributed by atoms with Crippen LogP contribution in [0.5, 0.6) is 0 Å². The van der Waals surface area contributed by atoms with Crippen molar-refractivity contribution in [2.45, 2.75) is 32.0 Å². The molecular weight excluding hydrogens is 260 g/mol. The molecule has 1 aliphatic carbocycles. The summed E-state index contributed by atoms with van der Waals surface area (Å²) in [5.74, 6) is 1.43. The summed E-state index contributed by atoms with van der Waals surface area (Å²) in [4.78, 5) is 13.5. The maximum atomic E-state index is 12.0. The number of hydrogen-bond donors (Lipinski definition) is 1. The molecule has 1 fully saturated rings. The second-order valence-electron chi connectivity index (χ2n) is 4.86. The van der Waals surface area contributed by atoms with Crippen molar-refractivity contribution in [3.05, 3.63) is 30.0 Å². The molecule has 0 spiro atoms. The first kappa shape index (κ1) is 12.6. The van der Waals surface area contributed by atoms with Crippen LogP contribution in [0, 0.1) is 0 Å². The third kappa shape index (κ3) is 2.79. The van der Waals surface area contributed by atoms with Gasteiger partial charge in [0.2, 0.25) is 0 Å². The lowest BCUT2D eigenvalue weighted by Crippen LogP contribution is -2.36. The highest BCUT2D eigenvalue weighted by Gasteiger charge is 2.27. The Labute approximate surface area is 115 Å². The Morgan fingerprint density at radius 3 is 3.15 bits per heavy atom. The molecule has 0 bridgehead atoms. The molecular formula is C12H16N6O2. The second-order valence-corrected chi connectivity index (χ2v) is 4.86. The average molecular weight is 276 g/mol. The zero-order valence-corrected chi connectivity index (χ0v) is 11.2. The van der Waals surface area contributed by atoms with E-state index in [0.717, 1.165) is 18.6 Å². The van der Waals surface area contributed by atoms with Crippen molar-refractivity contribution in [3.63, 3.8) is 0 Å². The molecule has 20 heavy (non-hydrogen) atoms. The quantitative estimate of drug-likeness (QED) is 0.878. The maximum Gasteiger partial charge on any atom is 0.317 e. The molecule has 0 radical (unpaired) electrons. The number of nitrogens with one attached hydrogen (secondary N) is 1. The summed E-state index contributed by atoms with van der Waals surface area (Å²) in [5, 5.41) is 14.3. The largest absolute Gasteiger partial charge is 0.467 e. The van der Waals surface area contributed by atoms with Gasteiger partial charge in [-0.25, -0.2) is 9.48 Å². The molecule has 0 unspecified atom stereocenters. The minimum absolute atomic E-state index is 0.188. The molecule has 3 rings (SSSR count). The van der Waals surface area contributed by atoms with Crippen molar-refractivity contribution in [3.8, 4) is 0 Å². The first-order valence-corrected chi connectivity index (χ1v) is 6.52. The van der Waals surface area contributed by atoms with E-state index in [1.165, 1.54) is 0 Å². The number of rotatable bonds is 5. The summed E-state index contributed by atoms with van der Waals surface area (Å²) in [5.41, 5.74) is 0. The van der Waals surface area contributed by atoms with Gasteiger partial charge in [0.25, 0.3) is 0 Å². The van der Waals surface area contributed by atoms with Crippen LogP contribution in [0.2, 0.25) is 0 Å². The first-order chi connectivity index (χ1) is 9.74. The van der Waals surface area contributed by atoms with Gasteiger partial charge in [-0.2, -0.15) is 0 Å². The molecule has 8 heteroatoms. The average Bonchev–Trinajstić information content (AvgIpc) is 2.97. The van der Waals surface area contributed by atoms with Crippen LogP contribution in [0.1, 0.15) is 30.5 Å². The second kappa shape index (κ2) is 5.32. The van der Waals surface area contributed by atoms with Crippen molar-refractivity contribution >= 4 is 6.03 Å². The van der Waals surface area contributed by atoms with E-state index >= 15 is 0 Å². The Morgan fingerprint density at radius 2 is 2.45 bits per heavy atom. The molecule has 1 N–H and O–H groups in total. The minimum atomic E-state index is -0.188. The van der Waals surface area contributed by atoms with Crippen LogP contribution in [0.25, 0.3) is 0 Å². The van der Waals surface area contributed by atoms with Crippen molar-refractivity contribution in [1.29, 1.82) is 0 Å². The lowest BCUT2D eigenvalue weighted by atomic mass is 10.4. The molecule has 2 amide bonds. The van der Waals surface area contributed by atoms with Crippen LogP contribution >= 0.6 is 0 Å². The van der Waals surface area contributed by atoms with E-state index in [9.17, 15) is 4.79 Å². The lowest BCUT2D eigenvalue weighted by molar-refractivity contribution is 0.202. The van der Waals surface area contributed by atoms with Crippen LogP contribution in [-0.2, 0) is 13.1 Å². The monoisotopic (exact) mass is 276 g/mol. The van der Waals surface area contributed by atoms with Gasteiger partial charge in [0, 0.05) is 7.05 Å². The Kier molecular flexibility index (Phi) is 3.36. The van der Waals surface area contributed by atoms with Gasteiger partial charge >= 0.3 is 6.03 Å². The Morgan fingerprint density at radius 1 is 1.60 bits per heavy atom. The molecule has 0 aromatic carbocycles. The van der Waals surface area contributed by atoms with Gasteiger partial charge in [0.1, 0.15) is 5.76 Å². The fourth-order valence-corrected chi connectivity index (χ4v) is 1.93. The number of tetrazole rings is 1. The van der Waals surface area contributed by atoms with Gasteiger partial charge in [-0.3, -0.25) is 0 Å². The fraction of sp³-hybridized carbons (Fsp3) is 0.500. The highest BCUT2D eigenvalue weighted by molar-refractivity contribution is 5.73. The lowest BCUT2D eigenvalue weighted by Gasteiger charge is -2.16. The van der Waals surface area contributed by atoms with E-state index in [0.29, 0.717) is 25.0 Å². The van der Waals surface area contributed by atoms with Gasteiger partial charge in [0.15, 0.2) is 5.82 Å². The summed E-state index contributed by atoms with van der Waals surface area (Å²) in [7, 11) is 1.71. The number of carbonyl (C=O) groups excluding carboxylic acids is 1. The topological polar surface area (TPSA) is 89.1 Å². The SMILES string of the molecule is CN(Cc1ccco1)C(=O)NCc1nnnn1C1CC1. The number of carbonyl (C=O) groups is 1. The van der Waals surface area contributed by atoms with E-state index < -0.39 is 0 Å². The van der Waals surface area contributed by atoms with Crippen LogP contribution in [0.15, 0.2) is 22.8 Å². The number of aromatic nitrogens is 4. The van der Waals surface area contributed by atoms with Crippen molar-refractivity contribution in [2.75, 3.05) is 7.05 Å². The highest BCUT2D eigenvalue weighted by Crippen LogP contribution is 2.34. The number of hydrogen-bond acceptors (Lipinski definition) is 5. The standard InChI is InChI=1S/C12H16N6O2/c1-17(8-10-3-2-6-20-10)12(19)13-7-11-14-15-16-18(11)9-4-5-9/h2-3,6,9H,4-5,7-8H2,1H3,(H,13,19). The maximum absolute atomic E-state index is 12.0. The van der Waals surface area contributed by atoms with Crippen LogP contribution in [0.4, 0.5) is 4.79 Å².